The van der Waals surface area contributed by atoms with E-state index < -0.39 is 0 Å². The standard InChI is InChI=1S/C19H31N5O2/c1-26-13-8-20-18(25)16-6-11-23(12-7-16)17-14-21-19(22-15-17)24-9-4-2-3-5-10-24/h14-16H,2-13H2,1H3,(H,20,25). The van der Waals surface area contributed by atoms with Crippen molar-refractivity contribution in [3.05, 3.63) is 12.4 Å². The summed E-state index contributed by atoms with van der Waals surface area (Å²) in [4.78, 5) is 25.9. The highest BCUT2D eigenvalue weighted by molar-refractivity contribution is 5.79. The van der Waals surface area contributed by atoms with Gasteiger partial charge in [0.2, 0.25) is 11.9 Å². The molecular formula is C19H31N5O2. The van der Waals surface area contributed by atoms with Crippen LogP contribution in [0.1, 0.15) is 38.5 Å². The Labute approximate surface area is 156 Å². The van der Waals surface area contributed by atoms with Crippen molar-refractivity contribution in [1.82, 2.24) is 15.3 Å². The van der Waals surface area contributed by atoms with E-state index in [1.807, 2.05) is 12.4 Å². The number of carbonyl (C=O) groups is 1. The summed E-state index contributed by atoms with van der Waals surface area (Å²) in [7, 11) is 1.64. The van der Waals surface area contributed by atoms with Gasteiger partial charge in [-0.2, -0.15) is 0 Å². The average molecular weight is 361 g/mol. The summed E-state index contributed by atoms with van der Waals surface area (Å²) >= 11 is 0. The molecule has 2 aliphatic heterocycles. The molecule has 2 aliphatic rings. The van der Waals surface area contributed by atoms with E-state index in [1.54, 1.807) is 7.11 Å². The fourth-order valence-corrected chi connectivity index (χ4v) is 3.73. The topological polar surface area (TPSA) is 70.6 Å². The summed E-state index contributed by atoms with van der Waals surface area (Å²) in [5.41, 5.74) is 1.06. The number of carbonyl (C=O) groups excluding carboxylic acids is 1. The Morgan fingerprint density at radius 1 is 1.08 bits per heavy atom. The van der Waals surface area contributed by atoms with E-state index in [0.29, 0.717) is 13.2 Å². The Kier molecular flexibility index (Phi) is 7.05. The van der Waals surface area contributed by atoms with Crippen molar-refractivity contribution in [1.29, 1.82) is 0 Å². The van der Waals surface area contributed by atoms with Gasteiger partial charge in [-0.3, -0.25) is 4.79 Å². The van der Waals surface area contributed by atoms with Crippen molar-refractivity contribution in [2.45, 2.75) is 38.5 Å². The number of hydrogen-bond donors (Lipinski definition) is 1. The normalized spacial score (nSPS) is 19.3. The van der Waals surface area contributed by atoms with E-state index in [2.05, 4.69) is 25.1 Å². The highest BCUT2D eigenvalue weighted by Crippen LogP contribution is 2.24. The molecule has 7 nitrogen and oxygen atoms in total. The third-order valence-electron chi connectivity index (χ3n) is 5.35. The molecule has 2 fully saturated rings. The monoisotopic (exact) mass is 361 g/mol. The zero-order valence-electron chi connectivity index (χ0n) is 15.8. The fraction of sp³-hybridized carbons (Fsp3) is 0.737. The minimum atomic E-state index is 0.0976. The van der Waals surface area contributed by atoms with Crippen LogP contribution in [0.3, 0.4) is 0 Å². The Morgan fingerprint density at radius 3 is 2.35 bits per heavy atom. The third-order valence-corrected chi connectivity index (χ3v) is 5.35. The second-order valence-electron chi connectivity index (χ2n) is 7.19. The van der Waals surface area contributed by atoms with Gasteiger partial charge in [-0.05, 0) is 25.7 Å². The van der Waals surface area contributed by atoms with Crippen LogP contribution in [0.25, 0.3) is 0 Å². The lowest BCUT2D eigenvalue weighted by molar-refractivity contribution is -0.125. The molecule has 0 spiro atoms. The van der Waals surface area contributed by atoms with Crippen LogP contribution in [0.15, 0.2) is 12.4 Å². The molecule has 1 N–H and O–H groups in total. The number of anilines is 2. The van der Waals surface area contributed by atoms with Gasteiger partial charge in [0.05, 0.1) is 24.7 Å². The zero-order valence-corrected chi connectivity index (χ0v) is 15.8. The first-order chi connectivity index (χ1) is 12.8. The summed E-state index contributed by atoms with van der Waals surface area (Å²) < 4.78 is 4.97. The first kappa shape index (κ1) is 18.9. The summed E-state index contributed by atoms with van der Waals surface area (Å²) in [6, 6.07) is 0. The molecule has 3 heterocycles. The Balaban J connectivity index is 1.49. The molecule has 2 saturated heterocycles. The second kappa shape index (κ2) is 9.71. The predicted molar refractivity (Wildman–Crippen MR) is 103 cm³/mol. The van der Waals surface area contributed by atoms with Crippen LogP contribution in [0.5, 0.6) is 0 Å². The van der Waals surface area contributed by atoms with Crippen molar-refractivity contribution in [2.24, 2.45) is 5.92 Å². The molecular weight excluding hydrogens is 330 g/mol. The van der Waals surface area contributed by atoms with E-state index in [4.69, 9.17) is 4.74 Å². The number of amides is 1. The molecule has 0 atom stereocenters. The van der Waals surface area contributed by atoms with Crippen molar-refractivity contribution in [3.63, 3.8) is 0 Å². The Bertz CT molecular complexity index is 550. The first-order valence-electron chi connectivity index (χ1n) is 9.86. The SMILES string of the molecule is COCCNC(=O)C1CCN(c2cnc(N3CCCCCC3)nc2)CC1. The van der Waals surface area contributed by atoms with Crippen molar-refractivity contribution >= 4 is 17.5 Å². The van der Waals surface area contributed by atoms with Crippen LogP contribution in [0, 0.1) is 5.92 Å². The number of ether oxygens (including phenoxy) is 1. The molecule has 26 heavy (non-hydrogen) atoms. The van der Waals surface area contributed by atoms with Gasteiger partial charge in [-0.15, -0.1) is 0 Å². The van der Waals surface area contributed by atoms with Gasteiger partial charge in [-0.1, -0.05) is 12.8 Å². The minimum Gasteiger partial charge on any atom is -0.383 e. The average Bonchev–Trinajstić information content (AvgIpc) is 2.98. The van der Waals surface area contributed by atoms with Gasteiger partial charge < -0.3 is 19.9 Å². The molecule has 0 bridgehead atoms. The summed E-state index contributed by atoms with van der Waals surface area (Å²) in [5.74, 6) is 1.10. The van der Waals surface area contributed by atoms with Crippen molar-refractivity contribution < 1.29 is 9.53 Å². The molecule has 1 aromatic heterocycles. The molecule has 0 aliphatic carbocycles. The fourth-order valence-electron chi connectivity index (χ4n) is 3.73. The maximum absolute atomic E-state index is 12.1. The zero-order chi connectivity index (χ0) is 18.2. The Hall–Kier alpha value is -1.89. The number of nitrogens with zero attached hydrogens (tertiary/aromatic N) is 4. The van der Waals surface area contributed by atoms with E-state index in [9.17, 15) is 4.79 Å². The molecule has 144 valence electrons. The Morgan fingerprint density at radius 2 is 1.73 bits per heavy atom. The van der Waals surface area contributed by atoms with Crippen LogP contribution in [-0.4, -0.2) is 62.3 Å². The maximum Gasteiger partial charge on any atom is 0.225 e. The van der Waals surface area contributed by atoms with Crippen LogP contribution >= 0.6 is 0 Å². The smallest absolute Gasteiger partial charge is 0.225 e. The lowest BCUT2D eigenvalue weighted by atomic mass is 9.96. The van der Waals surface area contributed by atoms with Gasteiger partial charge in [-0.25, -0.2) is 9.97 Å². The minimum absolute atomic E-state index is 0.0976. The maximum atomic E-state index is 12.1. The third kappa shape index (κ3) is 5.06. The van der Waals surface area contributed by atoms with E-state index in [-0.39, 0.29) is 11.8 Å². The lowest BCUT2D eigenvalue weighted by Crippen LogP contribution is -2.41. The van der Waals surface area contributed by atoms with Gasteiger partial charge in [0.15, 0.2) is 0 Å². The van der Waals surface area contributed by atoms with Gasteiger partial charge in [0.1, 0.15) is 0 Å². The number of rotatable bonds is 6. The highest BCUT2D eigenvalue weighted by Gasteiger charge is 2.25. The number of piperidine rings is 1. The molecule has 0 aromatic carbocycles. The van der Waals surface area contributed by atoms with Crippen LogP contribution < -0.4 is 15.1 Å². The van der Waals surface area contributed by atoms with Gasteiger partial charge >= 0.3 is 0 Å². The van der Waals surface area contributed by atoms with Gasteiger partial charge in [0.25, 0.3) is 0 Å². The molecule has 7 heteroatoms. The molecule has 0 radical (unpaired) electrons. The summed E-state index contributed by atoms with van der Waals surface area (Å²) in [6.45, 7) is 5.00. The van der Waals surface area contributed by atoms with Crippen LogP contribution in [-0.2, 0) is 9.53 Å². The van der Waals surface area contributed by atoms with E-state index in [0.717, 1.165) is 50.7 Å². The quantitative estimate of drug-likeness (QED) is 0.780. The number of nitrogens with one attached hydrogen (secondary N) is 1. The summed E-state index contributed by atoms with van der Waals surface area (Å²) in [6.07, 6.45) is 10.7. The molecule has 1 aromatic rings. The molecule has 1 amide bonds. The first-order valence-corrected chi connectivity index (χ1v) is 9.86. The predicted octanol–water partition coefficient (Wildman–Crippen LogP) is 1.84. The van der Waals surface area contributed by atoms with Gasteiger partial charge in [0, 0.05) is 45.8 Å². The number of hydrogen-bond acceptors (Lipinski definition) is 6. The largest absolute Gasteiger partial charge is 0.383 e. The molecule has 3 rings (SSSR count). The van der Waals surface area contributed by atoms with E-state index in [1.165, 1.54) is 25.7 Å². The highest BCUT2D eigenvalue weighted by atomic mass is 16.5. The second-order valence-corrected chi connectivity index (χ2v) is 7.19. The lowest BCUT2D eigenvalue weighted by Gasteiger charge is -2.32. The van der Waals surface area contributed by atoms with Crippen LogP contribution in [0.2, 0.25) is 0 Å². The van der Waals surface area contributed by atoms with Crippen LogP contribution in [0.4, 0.5) is 11.6 Å². The number of aromatic nitrogens is 2. The van der Waals surface area contributed by atoms with E-state index >= 15 is 0 Å². The number of methoxy groups -OCH3 is 1. The molecule has 0 unspecified atom stereocenters. The summed E-state index contributed by atoms with van der Waals surface area (Å²) in [5, 5.41) is 2.94. The van der Waals surface area contributed by atoms with Crippen molar-refractivity contribution in [2.75, 3.05) is 56.2 Å². The molecule has 0 saturated carbocycles. The van der Waals surface area contributed by atoms with Crippen molar-refractivity contribution in [3.8, 4) is 0 Å².